The van der Waals surface area contributed by atoms with Crippen molar-refractivity contribution in [3.63, 3.8) is 0 Å². The molecule has 0 aromatic heterocycles. The second-order valence-corrected chi connectivity index (χ2v) is 6.03. The summed E-state index contributed by atoms with van der Waals surface area (Å²) in [5.74, 6) is -0.274. The fourth-order valence-electron chi connectivity index (χ4n) is 2.37. The lowest BCUT2D eigenvalue weighted by atomic mass is 10.0. The quantitative estimate of drug-likeness (QED) is 0.813. The van der Waals surface area contributed by atoms with E-state index in [1.54, 1.807) is 6.07 Å². The Labute approximate surface area is 133 Å². The number of aryl methyl sites for hydroxylation is 1. The van der Waals surface area contributed by atoms with Crippen LogP contribution in [-0.4, -0.2) is 23.9 Å². The monoisotopic (exact) mass is 304 g/mol. The molecule has 0 heterocycles. The highest BCUT2D eigenvalue weighted by molar-refractivity contribution is 5.98. The fraction of sp³-hybridized carbons (Fsp3) is 0.556. The Balaban J connectivity index is 2.82. The van der Waals surface area contributed by atoms with Gasteiger partial charge in [0, 0.05) is 11.6 Å². The van der Waals surface area contributed by atoms with E-state index in [4.69, 9.17) is 0 Å². The van der Waals surface area contributed by atoms with Crippen molar-refractivity contribution in [3.05, 3.63) is 35.4 Å². The van der Waals surface area contributed by atoms with Gasteiger partial charge >= 0.3 is 0 Å². The van der Waals surface area contributed by atoms with Gasteiger partial charge in [-0.3, -0.25) is 9.59 Å². The molecule has 0 aliphatic heterocycles. The number of benzene rings is 1. The average Bonchev–Trinajstić information content (AvgIpc) is 2.49. The third-order valence-corrected chi connectivity index (χ3v) is 3.96. The Bertz CT molecular complexity index is 508. The Kier molecular flexibility index (Phi) is 7.09. The maximum Gasteiger partial charge on any atom is 0.252 e. The molecule has 0 radical (unpaired) electrons. The number of hydrogen-bond acceptors (Lipinski definition) is 2. The zero-order valence-corrected chi connectivity index (χ0v) is 14.3. The lowest BCUT2D eigenvalue weighted by Gasteiger charge is -2.25. The molecule has 2 N–H and O–H groups in total. The van der Waals surface area contributed by atoms with Gasteiger partial charge in [0.15, 0.2) is 0 Å². The van der Waals surface area contributed by atoms with Gasteiger partial charge in [0.2, 0.25) is 5.91 Å². The Morgan fingerprint density at radius 1 is 1.05 bits per heavy atom. The molecule has 122 valence electrons. The second kappa shape index (κ2) is 8.57. The number of hydrogen-bond donors (Lipinski definition) is 2. The number of amides is 2. The summed E-state index contributed by atoms with van der Waals surface area (Å²) in [6.45, 7) is 9.86. The normalized spacial score (nSPS) is 12.3. The summed E-state index contributed by atoms with van der Waals surface area (Å²) in [7, 11) is 0. The van der Waals surface area contributed by atoms with Crippen LogP contribution in [0.25, 0.3) is 0 Å². The zero-order valence-electron chi connectivity index (χ0n) is 14.3. The maximum atomic E-state index is 12.4. The van der Waals surface area contributed by atoms with Crippen LogP contribution in [0.3, 0.4) is 0 Å². The van der Waals surface area contributed by atoms with E-state index in [9.17, 15) is 9.59 Å². The van der Waals surface area contributed by atoms with Crippen molar-refractivity contribution >= 4 is 11.8 Å². The lowest BCUT2D eigenvalue weighted by Crippen LogP contribution is -2.52. The molecule has 0 aliphatic rings. The molecule has 4 heteroatoms. The van der Waals surface area contributed by atoms with Crippen LogP contribution in [0.5, 0.6) is 0 Å². The second-order valence-electron chi connectivity index (χ2n) is 6.03. The standard InChI is InChI=1S/C18H28N2O2/c1-6-14(7-2)19-18(22)16(12(3)4)20-17(21)15-11-9-8-10-13(15)5/h8-12,14,16H,6-7H2,1-5H3,(H,19,22)(H,20,21). The smallest absolute Gasteiger partial charge is 0.252 e. The van der Waals surface area contributed by atoms with Crippen molar-refractivity contribution < 1.29 is 9.59 Å². The van der Waals surface area contributed by atoms with Crippen molar-refractivity contribution in [2.45, 2.75) is 59.5 Å². The van der Waals surface area contributed by atoms with Gasteiger partial charge in [0.25, 0.3) is 5.91 Å². The van der Waals surface area contributed by atoms with E-state index in [1.165, 1.54) is 0 Å². The summed E-state index contributed by atoms with van der Waals surface area (Å²) < 4.78 is 0. The highest BCUT2D eigenvalue weighted by Crippen LogP contribution is 2.10. The minimum Gasteiger partial charge on any atom is -0.352 e. The number of rotatable bonds is 7. The first-order valence-corrected chi connectivity index (χ1v) is 8.07. The van der Waals surface area contributed by atoms with Crippen LogP contribution >= 0.6 is 0 Å². The minimum absolute atomic E-state index is 0.0299. The van der Waals surface area contributed by atoms with E-state index in [0.29, 0.717) is 5.56 Å². The molecule has 22 heavy (non-hydrogen) atoms. The zero-order chi connectivity index (χ0) is 16.7. The fourth-order valence-corrected chi connectivity index (χ4v) is 2.37. The molecule has 0 aliphatic carbocycles. The summed E-state index contributed by atoms with van der Waals surface area (Å²) in [4.78, 5) is 24.9. The summed E-state index contributed by atoms with van der Waals surface area (Å²) in [5.41, 5.74) is 1.52. The van der Waals surface area contributed by atoms with Gasteiger partial charge in [0.05, 0.1) is 0 Å². The number of carbonyl (C=O) groups is 2. The molecule has 2 amide bonds. The van der Waals surface area contributed by atoms with Gasteiger partial charge in [-0.25, -0.2) is 0 Å². The first-order chi connectivity index (χ1) is 10.4. The first-order valence-electron chi connectivity index (χ1n) is 8.07. The molecule has 0 spiro atoms. The van der Waals surface area contributed by atoms with E-state index in [-0.39, 0.29) is 23.8 Å². The third kappa shape index (κ3) is 4.86. The lowest BCUT2D eigenvalue weighted by molar-refractivity contribution is -0.124. The van der Waals surface area contributed by atoms with Crippen LogP contribution in [0.2, 0.25) is 0 Å². The predicted octanol–water partition coefficient (Wildman–Crippen LogP) is 3.05. The highest BCUT2D eigenvalue weighted by Gasteiger charge is 2.26. The topological polar surface area (TPSA) is 58.2 Å². The van der Waals surface area contributed by atoms with Crippen molar-refractivity contribution in [3.8, 4) is 0 Å². The van der Waals surface area contributed by atoms with E-state index < -0.39 is 6.04 Å². The van der Waals surface area contributed by atoms with Gasteiger partial charge in [-0.15, -0.1) is 0 Å². The Morgan fingerprint density at radius 3 is 2.14 bits per heavy atom. The van der Waals surface area contributed by atoms with Gasteiger partial charge < -0.3 is 10.6 Å². The van der Waals surface area contributed by atoms with E-state index >= 15 is 0 Å². The molecule has 0 fully saturated rings. The SMILES string of the molecule is CCC(CC)NC(=O)C(NC(=O)c1ccccc1C)C(C)C. The van der Waals surface area contributed by atoms with Crippen molar-refractivity contribution in [1.82, 2.24) is 10.6 Å². The Morgan fingerprint density at radius 2 is 1.64 bits per heavy atom. The molecule has 1 unspecified atom stereocenters. The maximum absolute atomic E-state index is 12.4. The minimum atomic E-state index is -0.521. The Hall–Kier alpha value is -1.84. The first kappa shape index (κ1) is 18.2. The average molecular weight is 304 g/mol. The van der Waals surface area contributed by atoms with Crippen molar-refractivity contribution in [1.29, 1.82) is 0 Å². The largest absolute Gasteiger partial charge is 0.352 e. The van der Waals surface area contributed by atoms with E-state index in [1.807, 2.05) is 52.8 Å². The molecule has 1 atom stereocenters. The van der Waals surface area contributed by atoms with Crippen molar-refractivity contribution in [2.24, 2.45) is 5.92 Å². The highest BCUT2D eigenvalue weighted by atomic mass is 16.2. The van der Waals surface area contributed by atoms with E-state index in [0.717, 1.165) is 18.4 Å². The molecule has 1 rings (SSSR count). The summed E-state index contributed by atoms with van der Waals surface area (Å²) in [5, 5.41) is 5.89. The molecule has 0 bridgehead atoms. The molecule has 0 saturated heterocycles. The summed E-state index contributed by atoms with van der Waals surface area (Å²) in [6, 6.07) is 7.03. The molecule has 1 aromatic carbocycles. The van der Waals surface area contributed by atoms with Crippen LogP contribution < -0.4 is 10.6 Å². The number of nitrogens with one attached hydrogen (secondary N) is 2. The van der Waals surface area contributed by atoms with Crippen LogP contribution in [0.4, 0.5) is 0 Å². The summed E-state index contributed by atoms with van der Waals surface area (Å²) >= 11 is 0. The van der Waals surface area contributed by atoms with Crippen molar-refractivity contribution in [2.75, 3.05) is 0 Å². The van der Waals surface area contributed by atoms with Gasteiger partial charge in [-0.1, -0.05) is 45.9 Å². The van der Waals surface area contributed by atoms with Crippen LogP contribution in [0.15, 0.2) is 24.3 Å². The van der Waals surface area contributed by atoms with Gasteiger partial charge in [-0.05, 0) is 37.3 Å². The predicted molar refractivity (Wildman–Crippen MR) is 89.8 cm³/mol. The molecular formula is C18H28N2O2. The molecule has 1 aromatic rings. The summed E-state index contributed by atoms with van der Waals surface area (Å²) in [6.07, 6.45) is 1.78. The van der Waals surface area contributed by atoms with Crippen LogP contribution in [0.1, 0.15) is 56.5 Å². The van der Waals surface area contributed by atoms with E-state index in [2.05, 4.69) is 10.6 Å². The molecular weight excluding hydrogens is 276 g/mol. The molecule has 0 saturated carbocycles. The third-order valence-electron chi connectivity index (χ3n) is 3.96. The molecule has 4 nitrogen and oxygen atoms in total. The van der Waals surface area contributed by atoms with Gasteiger partial charge in [-0.2, -0.15) is 0 Å². The van der Waals surface area contributed by atoms with Crippen LogP contribution in [0, 0.1) is 12.8 Å². The number of carbonyl (C=O) groups excluding carboxylic acids is 2. The van der Waals surface area contributed by atoms with Crippen LogP contribution in [-0.2, 0) is 4.79 Å². The van der Waals surface area contributed by atoms with Gasteiger partial charge in [0.1, 0.15) is 6.04 Å².